The third kappa shape index (κ3) is 2.49. The molecule has 1 saturated carbocycles. The fourth-order valence-electron chi connectivity index (χ4n) is 2.12. The maximum Gasteiger partial charge on any atom is 0.0757 e. The Bertz CT molecular complexity index is 185. The van der Waals surface area contributed by atoms with Crippen molar-refractivity contribution in [2.75, 3.05) is 0 Å². The lowest BCUT2D eigenvalue weighted by atomic mass is 9.64. The van der Waals surface area contributed by atoms with E-state index in [1.54, 1.807) is 0 Å². The Morgan fingerprint density at radius 2 is 1.69 bits per heavy atom. The quantitative estimate of drug-likeness (QED) is 0.639. The number of rotatable bonds is 2. The number of allylic oxidation sites excluding steroid dienone is 1. The summed E-state index contributed by atoms with van der Waals surface area (Å²) in [5, 5.41) is 8.79. The number of hydrogen-bond donors (Lipinski definition) is 1. The Morgan fingerprint density at radius 3 is 2.08 bits per heavy atom. The minimum Gasteiger partial charge on any atom is -0.516 e. The van der Waals surface area contributed by atoms with Crippen LogP contribution in [0.1, 0.15) is 52.9 Å². The lowest BCUT2D eigenvalue weighted by Crippen LogP contribution is -2.29. The van der Waals surface area contributed by atoms with Gasteiger partial charge in [-0.1, -0.05) is 27.2 Å². The average molecular weight is 182 g/mol. The molecule has 0 spiro atoms. The Labute approximate surface area is 81.9 Å². The van der Waals surface area contributed by atoms with Gasteiger partial charge >= 0.3 is 0 Å². The summed E-state index contributed by atoms with van der Waals surface area (Å²) in [4.78, 5) is 0. The second-order valence-electron chi connectivity index (χ2n) is 5.13. The van der Waals surface area contributed by atoms with Gasteiger partial charge in [0.15, 0.2) is 0 Å². The summed E-state index contributed by atoms with van der Waals surface area (Å²) in [6.07, 6.45) is 9.49. The highest BCUT2D eigenvalue weighted by molar-refractivity contribution is 4.98. The van der Waals surface area contributed by atoms with Crippen LogP contribution in [-0.2, 0) is 0 Å². The van der Waals surface area contributed by atoms with Crippen LogP contribution in [-0.4, -0.2) is 5.11 Å². The predicted octanol–water partition coefficient (Wildman–Crippen LogP) is 4.05. The summed E-state index contributed by atoms with van der Waals surface area (Å²) in [5.74, 6) is 0. The van der Waals surface area contributed by atoms with E-state index in [0.29, 0.717) is 5.41 Å². The number of aliphatic hydroxyl groups excluding tert-OH is 1. The van der Waals surface area contributed by atoms with Gasteiger partial charge in [0.2, 0.25) is 0 Å². The van der Waals surface area contributed by atoms with Crippen LogP contribution in [0.3, 0.4) is 0 Å². The van der Waals surface area contributed by atoms with Gasteiger partial charge in [0.25, 0.3) is 0 Å². The lowest BCUT2D eigenvalue weighted by molar-refractivity contribution is 0.131. The monoisotopic (exact) mass is 182 g/mol. The topological polar surface area (TPSA) is 20.2 Å². The van der Waals surface area contributed by atoms with E-state index in [4.69, 9.17) is 5.11 Å². The van der Waals surface area contributed by atoms with E-state index < -0.39 is 0 Å². The zero-order valence-corrected chi connectivity index (χ0v) is 9.14. The van der Waals surface area contributed by atoms with Gasteiger partial charge in [0.05, 0.1) is 6.26 Å². The van der Waals surface area contributed by atoms with Crippen molar-refractivity contribution in [1.82, 2.24) is 0 Å². The lowest BCUT2D eigenvalue weighted by Gasteiger charge is -2.41. The second-order valence-corrected chi connectivity index (χ2v) is 5.13. The van der Waals surface area contributed by atoms with Crippen LogP contribution >= 0.6 is 0 Å². The van der Waals surface area contributed by atoms with E-state index >= 15 is 0 Å². The molecule has 0 aliphatic heterocycles. The molecule has 1 heteroatoms. The second kappa shape index (κ2) is 3.73. The van der Waals surface area contributed by atoms with Crippen LogP contribution in [0.15, 0.2) is 12.3 Å². The molecule has 1 nitrogen and oxygen atoms in total. The van der Waals surface area contributed by atoms with Crippen molar-refractivity contribution >= 4 is 0 Å². The van der Waals surface area contributed by atoms with Gasteiger partial charge in [-0.3, -0.25) is 0 Å². The molecule has 0 aromatic rings. The van der Waals surface area contributed by atoms with Gasteiger partial charge < -0.3 is 5.11 Å². The molecule has 0 amide bonds. The van der Waals surface area contributed by atoms with Gasteiger partial charge in [-0.15, -0.1) is 0 Å². The summed E-state index contributed by atoms with van der Waals surface area (Å²) in [5.41, 5.74) is 0.812. The summed E-state index contributed by atoms with van der Waals surface area (Å²) in [6.45, 7) is 6.91. The SMILES string of the molecule is CCC1(C)CCC(C)(/C=C/O)CC1. The molecule has 0 bridgehead atoms. The Hall–Kier alpha value is -0.460. The summed E-state index contributed by atoms with van der Waals surface area (Å²) in [6, 6.07) is 0. The standard InChI is InChI=1S/C12H22O/c1-4-11(2)5-7-12(3,8-6-11)9-10-13/h9-10,13H,4-8H2,1-3H3/b10-9+. The molecule has 1 aliphatic rings. The van der Waals surface area contributed by atoms with Gasteiger partial charge in [0.1, 0.15) is 0 Å². The number of hydrogen-bond acceptors (Lipinski definition) is 1. The summed E-state index contributed by atoms with van der Waals surface area (Å²) >= 11 is 0. The maximum atomic E-state index is 8.79. The molecular weight excluding hydrogens is 160 g/mol. The molecule has 1 N–H and O–H groups in total. The van der Waals surface area contributed by atoms with Crippen LogP contribution in [0.2, 0.25) is 0 Å². The fraction of sp³-hybridized carbons (Fsp3) is 0.833. The first-order valence-corrected chi connectivity index (χ1v) is 5.36. The highest BCUT2D eigenvalue weighted by Gasteiger charge is 2.34. The van der Waals surface area contributed by atoms with Crippen molar-refractivity contribution in [2.24, 2.45) is 10.8 Å². The fourth-order valence-corrected chi connectivity index (χ4v) is 2.12. The smallest absolute Gasteiger partial charge is 0.0757 e. The van der Waals surface area contributed by atoms with E-state index in [0.717, 1.165) is 0 Å². The van der Waals surface area contributed by atoms with Crippen LogP contribution < -0.4 is 0 Å². The van der Waals surface area contributed by atoms with Crippen molar-refractivity contribution < 1.29 is 5.11 Å². The van der Waals surface area contributed by atoms with Gasteiger partial charge in [0, 0.05) is 0 Å². The van der Waals surface area contributed by atoms with E-state index in [1.165, 1.54) is 38.4 Å². The Balaban J connectivity index is 2.56. The van der Waals surface area contributed by atoms with E-state index in [2.05, 4.69) is 20.8 Å². The maximum absolute atomic E-state index is 8.79. The first-order valence-electron chi connectivity index (χ1n) is 5.36. The third-order valence-electron chi connectivity index (χ3n) is 3.93. The first kappa shape index (κ1) is 10.6. The predicted molar refractivity (Wildman–Crippen MR) is 56.7 cm³/mol. The van der Waals surface area contributed by atoms with Crippen LogP contribution in [0.4, 0.5) is 0 Å². The molecule has 1 rings (SSSR count). The third-order valence-corrected chi connectivity index (χ3v) is 3.93. The molecule has 1 fully saturated rings. The van der Waals surface area contributed by atoms with Crippen LogP contribution in [0.25, 0.3) is 0 Å². The molecule has 0 saturated heterocycles. The van der Waals surface area contributed by atoms with Crippen molar-refractivity contribution in [1.29, 1.82) is 0 Å². The van der Waals surface area contributed by atoms with E-state index in [1.807, 2.05) is 6.08 Å². The Kier molecular flexibility index (Phi) is 3.05. The normalized spacial score (nSPS) is 41.2. The molecule has 0 heterocycles. The molecule has 1 aliphatic carbocycles. The highest BCUT2D eigenvalue weighted by atomic mass is 16.2. The van der Waals surface area contributed by atoms with Crippen molar-refractivity contribution in [3.63, 3.8) is 0 Å². The minimum atomic E-state index is 0.253. The molecule has 13 heavy (non-hydrogen) atoms. The summed E-state index contributed by atoms with van der Waals surface area (Å²) < 4.78 is 0. The molecule has 0 radical (unpaired) electrons. The van der Waals surface area contributed by atoms with Crippen molar-refractivity contribution in [2.45, 2.75) is 52.9 Å². The van der Waals surface area contributed by atoms with Crippen LogP contribution in [0, 0.1) is 10.8 Å². The molecule has 76 valence electrons. The number of aliphatic hydroxyl groups is 1. The average Bonchev–Trinajstić information content (AvgIpc) is 2.12. The van der Waals surface area contributed by atoms with E-state index in [-0.39, 0.29) is 5.41 Å². The minimum absolute atomic E-state index is 0.253. The first-order chi connectivity index (χ1) is 6.04. The Morgan fingerprint density at radius 1 is 1.15 bits per heavy atom. The molecule has 0 unspecified atom stereocenters. The van der Waals surface area contributed by atoms with Crippen LogP contribution in [0.5, 0.6) is 0 Å². The zero-order valence-electron chi connectivity index (χ0n) is 9.14. The molecule has 0 aromatic heterocycles. The van der Waals surface area contributed by atoms with Gasteiger partial charge in [-0.05, 0) is 42.6 Å². The summed E-state index contributed by atoms with van der Waals surface area (Å²) in [7, 11) is 0. The van der Waals surface area contributed by atoms with Gasteiger partial charge in [-0.2, -0.15) is 0 Å². The largest absolute Gasteiger partial charge is 0.516 e. The molecule has 0 atom stereocenters. The van der Waals surface area contributed by atoms with Gasteiger partial charge in [-0.25, -0.2) is 0 Å². The molecule has 0 aromatic carbocycles. The zero-order chi connectivity index (χ0) is 9.95. The highest BCUT2D eigenvalue weighted by Crippen LogP contribution is 2.47. The van der Waals surface area contributed by atoms with Crippen molar-refractivity contribution in [3.8, 4) is 0 Å². The van der Waals surface area contributed by atoms with Crippen molar-refractivity contribution in [3.05, 3.63) is 12.3 Å². The molecular formula is C12H22O. The van der Waals surface area contributed by atoms with E-state index in [9.17, 15) is 0 Å².